The van der Waals surface area contributed by atoms with Gasteiger partial charge in [0.25, 0.3) is 0 Å². The van der Waals surface area contributed by atoms with Crippen molar-refractivity contribution < 1.29 is 14.3 Å². The van der Waals surface area contributed by atoms with Gasteiger partial charge in [0.2, 0.25) is 0 Å². The van der Waals surface area contributed by atoms with E-state index >= 15 is 0 Å². The van der Waals surface area contributed by atoms with Crippen molar-refractivity contribution in [1.29, 1.82) is 0 Å². The molecule has 3 N–H and O–H groups in total. The first-order valence-corrected chi connectivity index (χ1v) is 3.73. The Labute approximate surface area is 70.9 Å². The first-order chi connectivity index (χ1) is 5.79. The molecule has 1 unspecified atom stereocenters. The molecule has 1 aromatic rings. The van der Waals surface area contributed by atoms with Gasteiger partial charge in [0.15, 0.2) is 0 Å². The molecule has 1 rings (SSSR count). The Morgan fingerprint density at radius 2 is 2.50 bits per heavy atom. The third-order valence-corrected chi connectivity index (χ3v) is 1.61. The van der Waals surface area contributed by atoms with Gasteiger partial charge in [-0.3, -0.25) is 0 Å². The monoisotopic (exact) mass is 171 g/mol. The molecule has 12 heavy (non-hydrogen) atoms. The summed E-state index contributed by atoms with van der Waals surface area (Å²) < 4.78 is 9.97. The van der Waals surface area contributed by atoms with Gasteiger partial charge in [-0.15, -0.1) is 0 Å². The molecule has 0 amide bonds. The lowest BCUT2D eigenvalue weighted by atomic mass is 10.2. The van der Waals surface area contributed by atoms with Crippen molar-refractivity contribution in [3.63, 3.8) is 0 Å². The highest BCUT2D eigenvalue weighted by Gasteiger charge is 2.13. The van der Waals surface area contributed by atoms with Gasteiger partial charge in [-0.2, -0.15) is 0 Å². The van der Waals surface area contributed by atoms with E-state index < -0.39 is 6.10 Å². The highest BCUT2D eigenvalue weighted by atomic mass is 16.5. The van der Waals surface area contributed by atoms with Crippen molar-refractivity contribution in [3.8, 4) is 0 Å². The van der Waals surface area contributed by atoms with E-state index in [1.807, 2.05) is 0 Å². The fourth-order valence-corrected chi connectivity index (χ4v) is 1.02. The van der Waals surface area contributed by atoms with Crippen LogP contribution in [0.2, 0.25) is 0 Å². The van der Waals surface area contributed by atoms with E-state index in [0.29, 0.717) is 12.4 Å². The van der Waals surface area contributed by atoms with Gasteiger partial charge in [-0.1, -0.05) is 0 Å². The summed E-state index contributed by atoms with van der Waals surface area (Å²) >= 11 is 0. The second kappa shape index (κ2) is 4.25. The van der Waals surface area contributed by atoms with Crippen molar-refractivity contribution in [2.24, 2.45) is 5.73 Å². The van der Waals surface area contributed by atoms with Crippen LogP contribution in [0, 0.1) is 0 Å². The van der Waals surface area contributed by atoms with Crippen molar-refractivity contribution in [1.82, 2.24) is 0 Å². The Morgan fingerprint density at radius 3 is 3.08 bits per heavy atom. The van der Waals surface area contributed by atoms with Gasteiger partial charge in [-0.25, -0.2) is 0 Å². The Bertz CT molecular complexity index is 234. The zero-order chi connectivity index (χ0) is 8.97. The Morgan fingerprint density at radius 1 is 1.75 bits per heavy atom. The molecule has 0 fully saturated rings. The van der Waals surface area contributed by atoms with Crippen LogP contribution in [-0.2, 0) is 11.3 Å². The van der Waals surface area contributed by atoms with Crippen LogP contribution in [0.4, 0.5) is 0 Å². The van der Waals surface area contributed by atoms with E-state index in [-0.39, 0.29) is 6.54 Å². The quantitative estimate of drug-likeness (QED) is 0.688. The normalized spacial score (nSPS) is 13.2. The fourth-order valence-electron chi connectivity index (χ4n) is 1.02. The molecule has 0 aliphatic rings. The second-order valence-corrected chi connectivity index (χ2v) is 2.49. The highest BCUT2D eigenvalue weighted by molar-refractivity contribution is 5.18. The van der Waals surface area contributed by atoms with Crippen molar-refractivity contribution in [3.05, 3.63) is 23.7 Å². The molecule has 0 aromatic carbocycles. The summed E-state index contributed by atoms with van der Waals surface area (Å²) in [6.45, 7) is 0.590. The third kappa shape index (κ3) is 1.85. The molecule has 0 aliphatic heterocycles. The average Bonchev–Trinajstić information content (AvgIpc) is 2.52. The lowest BCUT2D eigenvalue weighted by molar-refractivity contribution is 0.145. The molecule has 68 valence electrons. The van der Waals surface area contributed by atoms with Crippen molar-refractivity contribution in [2.75, 3.05) is 13.7 Å². The number of aliphatic hydroxyl groups excluding tert-OH is 1. The summed E-state index contributed by atoms with van der Waals surface area (Å²) in [7, 11) is 1.59. The topological polar surface area (TPSA) is 68.6 Å². The van der Waals surface area contributed by atoms with Crippen molar-refractivity contribution >= 4 is 0 Å². The molecule has 1 atom stereocenters. The van der Waals surface area contributed by atoms with Crippen LogP contribution in [0.5, 0.6) is 0 Å². The summed E-state index contributed by atoms with van der Waals surface area (Å²) in [5.74, 6) is 0.499. The van der Waals surface area contributed by atoms with Gasteiger partial charge in [-0.05, 0) is 6.07 Å². The van der Waals surface area contributed by atoms with Crippen LogP contribution in [0.15, 0.2) is 16.7 Å². The molecule has 4 heteroatoms. The summed E-state index contributed by atoms with van der Waals surface area (Å²) in [6, 6.07) is 1.76. The van der Waals surface area contributed by atoms with Gasteiger partial charge in [0.1, 0.15) is 11.9 Å². The first kappa shape index (κ1) is 9.25. The van der Waals surface area contributed by atoms with Crippen LogP contribution in [-0.4, -0.2) is 18.8 Å². The van der Waals surface area contributed by atoms with E-state index in [0.717, 1.165) is 5.56 Å². The Kier molecular flexibility index (Phi) is 3.28. The standard InChI is InChI=1S/C8H13NO3/c1-11-5-6-2-3-12-8(6)7(10)4-9/h2-3,7,10H,4-5,9H2,1H3. The molecule has 0 radical (unpaired) electrons. The molecule has 0 saturated carbocycles. The maximum absolute atomic E-state index is 9.35. The van der Waals surface area contributed by atoms with E-state index in [9.17, 15) is 5.11 Å². The second-order valence-electron chi connectivity index (χ2n) is 2.49. The maximum atomic E-state index is 9.35. The SMILES string of the molecule is COCc1ccoc1C(O)CN. The smallest absolute Gasteiger partial charge is 0.139 e. The summed E-state index contributed by atoms with van der Waals surface area (Å²) in [6.07, 6.45) is 0.785. The molecule has 0 saturated heterocycles. The minimum absolute atomic E-state index is 0.157. The molecular weight excluding hydrogens is 158 g/mol. The molecule has 1 heterocycles. The molecule has 1 aromatic heterocycles. The van der Waals surface area contributed by atoms with E-state index in [1.165, 1.54) is 6.26 Å². The molecular formula is C8H13NO3. The van der Waals surface area contributed by atoms with Gasteiger partial charge < -0.3 is 20.0 Å². The number of aliphatic hydroxyl groups is 1. The molecule has 0 spiro atoms. The van der Waals surface area contributed by atoms with Gasteiger partial charge in [0, 0.05) is 19.2 Å². The third-order valence-electron chi connectivity index (χ3n) is 1.61. The average molecular weight is 171 g/mol. The lowest BCUT2D eigenvalue weighted by Crippen LogP contribution is -2.12. The highest BCUT2D eigenvalue weighted by Crippen LogP contribution is 2.18. The van der Waals surface area contributed by atoms with Crippen LogP contribution in [0.1, 0.15) is 17.4 Å². The van der Waals surface area contributed by atoms with E-state index in [2.05, 4.69) is 0 Å². The van der Waals surface area contributed by atoms with Crippen molar-refractivity contribution in [2.45, 2.75) is 12.7 Å². The van der Waals surface area contributed by atoms with Gasteiger partial charge in [0.05, 0.1) is 12.9 Å². The Hall–Kier alpha value is -0.840. The molecule has 0 bridgehead atoms. The number of rotatable bonds is 4. The molecule has 4 nitrogen and oxygen atoms in total. The zero-order valence-electron chi connectivity index (χ0n) is 6.99. The lowest BCUT2D eigenvalue weighted by Gasteiger charge is -2.06. The maximum Gasteiger partial charge on any atom is 0.139 e. The Balaban J connectivity index is 2.76. The largest absolute Gasteiger partial charge is 0.466 e. The van der Waals surface area contributed by atoms with E-state index in [1.54, 1.807) is 13.2 Å². The summed E-state index contributed by atoms with van der Waals surface area (Å²) in [4.78, 5) is 0. The first-order valence-electron chi connectivity index (χ1n) is 3.73. The fraction of sp³-hybridized carbons (Fsp3) is 0.500. The van der Waals surface area contributed by atoms with Gasteiger partial charge >= 0.3 is 0 Å². The minimum Gasteiger partial charge on any atom is -0.466 e. The van der Waals surface area contributed by atoms with Crippen LogP contribution in [0.3, 0.4) is 0 Å². The number of furan rings is 1. The van der Waals surface area contributed by atoms with E-state index in [4.69, 9.17) is 14.9 Å². The number of nitrogens with two attached hydrogens (primary N) is 1. The minimum atomic E-state index is -0.731. The van der Waals surface area contributed by atoms with Crippen LogP contribution in [0.25, 0.3) is 0 Å². The summed E-state index contributed by atoms with van der Waals surface area (Å²) in [5.41, 5.74) is 6.12. The number of methoxy groups -OCH3 is 1. The van der Waals surface area contributed by atoms with Crippen LogP contribution < -0.4 is 5.73 Å². The predicted octanol–water partition coefficient (Wildman–Crippen LogP) is 0.418. The molecule has 0 aliphatic carbocycles. The predicted molar refractivity (Wildman–Crippen MR) is 43.4 cm³/mol. The number of hydrogen-bond acceptors (Lipinski definition) is 4. The summed E-state index contributed by atoms with van der Waals surface area (Å²) in [5, 5.41) is 9.35. The number of ether oxygens (including phenoxy) is 1. The number of hydrogen-bond donors (Lipinski definition) is 2. The van der Waals surface area contributed by atoms with Crippen LogP contribution >= 0.6 is 0 Å². The zero-order valence-corrected chi connectivity index (χ0v) is 6.99.